The second-order valence-electron chi connectivity index (χ2n) is 9.87. The van der Waals surface area contributed by atoms with Crippen molar-refractivity contribution >= 4 is 35.1 Å². The van der Waals surface area contributed by atoms with Gasteiger partial charge in [0.1, 0.15) is 18.0 Å². The van der Waals surface area contributed by atoms with Crippen molar-refractivity contribution in [2.45, 2.75) is 49.6 Å². The molecular formula is C29H32N4O4S. The number of nitrogens with zero attached hydrogens (tertiary/aromatic N) is 3. The lowest BCUT2D eigenvalue weighted by Crippen LogP contribution is -2.32. The molecule has 2 aliphatic rings. The van der Waals surface area contributed by atoms with Crippen molar-refractivity contribution in [3.05, 3.63) is 71.3 Å². The number of carbonyl (C=O) groups excluding carboxylic acids is 1. The first kappa shape index (κ1) is 26.0. The Morgan fingerprint density at radius 3 is 2.50 bits per heavy atom. The maximum absolute atomic E-state index is 13.5. The maximum Gasteiger partial charge on any atom is 0.303 e. The monoisotopic (exact) mass is 532 g/mol. The first-order valence-electron chi connectivity index (χ1n) is 13.1. The number of aryl methyl sites for hydroxylation is 1. The SMILES string of the molecule is Nc1nc(SCCc2ccccc2)nc2c1C(=O)N(c1ccc(C3CCC(CC(=O)O)CC3)cc1)CCO2. The van der Waals surface area contributed by atoms with Gasteiger partial charge in [0.15, 0.2) is 5.16 Å². The molecule has 1 aromatic heterocycles. The summed E-state index contributed by atoms with van der Waals surface area (Å²) in [5.74, 6) is 0.863. The molecule has 0 spiro atoms. The van der Waals surface area contributed by atoms with E-state index < -0.39 is 5.97 Å². The number of thioether (sulfide) groups is 1. The lowest BCUT2D eigenvalue weighted by Gasteiger charge is -2.28. The highest BCUT2D eigenvalue weighted by molar-refractivity contribution is 7.99. The van der Waals surface area contributed by atoms with E-state index >= 15 is 0 Å². The quantitative estimate of drug-likeness (QED) is 0.301. The Hall–Kier alpha value is -3.59. The molecule has 0 radical (unpaired) electrons. The number of fused-ring (bicyclic) bond motifs is 1. The Morgan fingerprint density at radius 2 is 1.79 bits per heavy atom. The maximum atomic E-state index is 13.5. The number of aromatic nitrogens is 2. The van der Waals surface area contributed by atoms with Crippen LogP contribution in [0.4, 0.5) is 11.5 Å². The molecule has 0 unspecified atom stereocenters. The summed E-state index contributed by atoms with van der Waals surface area (Å²) in [6, 6.07) is 18.3. The molecular weight excluding hydrogens is 500 g/mol. The first-order chi connectivity index (χ1) is 18.5. The van der Waals surface area contributed by atoms with Gasteiger partial charge < -0.3 is 20.5 Å². The lowest BCUT2D eigenvalue weighted by molar-refractivity contribution is -0.138. The van der Waals surface area contributed by atoms with E-state index in [1.807, 2.05) is 30.3 Å². The van der Waals surface area contributed by atoms with Crippen LogP contribution >= 0.6 is 11.8 Å². The zero-order chi connectivity index (χ0) is 26.5. The van der Waals surface area contributed by atoms with Crippen molar-refractivity contribution in [2.75, 3.05) is 29.5 Å². The summed E-state index contributed by atoms with van der Waals surface area (Å²) in [4.78, 5) is 35.1. The van der Waals surface area contributed by atoms with Gasteiger partial charge in [-0.25, -0.2) is 4.98 Å². The highest BCUT2D eigenvalue weighted by Crippen LogP contribution is 2.38. The molecule has 3 aromatic rings. The molecule has 38 heavy (non-hydrogen) atoms. The molecule has 9 heteroatoms. The van der Waals surface area contributed by atoms with E-state index in [1.54, 1.807) is 4.90 Å². The van der Waals surface area contributed by atoms with Crippen LogP contribution in [0.5, 0.6) is 5.88 Å². The number of carboxylic acids is 1. The number of carboxylic acid groups (broad SMARTS) is 1. The van der Waals surface area contributed by atoms with Crippen molar-refractivity contribution in [1.82, 2.24) is 9.97 Å². The summed E-state index contributed by atoms with van der Waals surface area (Å²) in [6.07, 6.45) is 4.97. The third kappa shape index (κ3) is 6.10. The molecule has 0 bridgehead atoms. The summed E-state index contributed by atoms with van der Waals surface area (Å²) >= 11 is 1.49. The minimum absolute atomic E-state index is 0.129. The Kier molecular flexibility index (Phi) is 8.12. The van der Waals surface area contributed by atoms with Crippen LogP contribution in [0, 0.1) is 5.92 Å². The molecule has 8 nitrogen and oxygen atoms in total. The van der Waals surface area contributed by atoms with E-state index in [1.165, 1.54) is 22.9 Å². The van der Waals surface area contributed by atoms with E-state index in [-0.39, 0.29) is 35.5 Å². The number of anilines is 2. The number of carbonyl (C=O) groups is 2. The zero-order valence-corrected chi connectivity index (χ0v) is 22.0. The molecule has 1 fully saturated rings. The fraction of sp³-hybridized carbons (Fsp3) is 0.379. The summed E-state index contributed by atoms with van der Waals surface area (Å²) in [7, 11) is 0. The molecule has 1 aliphatic carbocycles. The molecule has 1 saturated carbocycles. The van der Waals surface area contributed by atoms with Crippen molar-refractivity contribution in [2.24, 2.45) is 5.92 Å². The van der Waals surface area contributed by atoms with Crippen molar-refractivity contribution < 1.29 is 19.4 Å². The van der Waals surface area contributed by atoms with Crippen LogP contribution < -0.4 is 15.4 Å². The van der Waals surface area contributed by atoms with Gasteiger partial charge in [-0.3, -0.25) is 9.59 Å². The molecule has 198 valence electrons. The predicted octanol–water partition coefficient (Wildman–Crippen LogP) is 5.18. The first-order valence-corrected chi connectivity index (χ1v) is 14.1. The number of ether oxygens (including phenoxy) is 1. The Balaban J connectivity index is 1.25. The molecule has 0 saturated heterocycles. The minimum atomic E-state index is -0.713. The zero-order valence-electron chi connectivity index (χ0n) is 21.2. The molecule has 3 N–H and O–H groups in total. The third-order valence-corrected chi connectivity index (χ3v) is 8.20. The predicted molar refractivity (Wildman–Crippen MR) is 148 cm³/mol. The van der Waals surface area contributed by atoms with E-state index in [2.05, 4.69) is 34.2 Å². The van der Waals surface area contributed by atoms with Crippen molar-refractivity contribution in [3.63, 3.8) is 0 Å². The second-order valence-corrected chi connectivity index (χ2v) is 10.9. The van der Waals surface area contributed by atoms with Crippen LogP contribution in [0.1, 0.15) is 59.5 Å². The second kappa shape index (κ2) is 11.9. The van der Waals surface area contributed by atoms with Gasteiger partial charge in [-0.15, -0.1) is 0 Å². The standard InChI is InChI=1S/C29H32N4O4S/c30-26-25-27(32-29(31-26)38-17-14-19-4-2-1-3-5-19)37-16-15-33(28(25)36)23-12-10-22(11-13-23)21-8-6-20(7-9-21)18-24(34)35/h1-5,10-13,20-21H,6-9,14-18H2,(H,34,35)(H2,30,31,32). The van der Waals surface area contributed by atoms with Crippen LogP contribution in [-0.4, -0.2) is 45.9 Å². The van der Waals surface area contributed by atoms with Crippen LogP contribution in [0.25, 0.3) is 0 Å². The normalized spacial score (nSPS) is 19.4. The number of amides is 1. The molecule has 1 aliphatic heterocycles. The van der Waals surface area contributed by atoms with E-state index in [0.29, 0.717) is 24.2 Å². The van der Waals surface area contributed by atoms with Gasteiger partial charge in [0.2, 0.25) is 5.88 Å². The Labute approximate surface area is 226 Å². The largest absolute Gasteiger partial charge is 0.481 e. The highest BCUT2D eigenvalue weighted by atomic mass is 32.2. The van der Waals surface area contributed by atoms with Crippen LogP contribution in [0.3, 0.4) is 0 Å². The number of nitrogens with two attached hydrogens (primary N) is 1. The number of aliphatic carboxylic acids is 1. The highest BCUT2D eigenvalue weighted by Gasteiger charge is 2.30. The van der Waals surface area contributed by atoms with Gasteiger partial charge in [-0.05, 0) is 67.2 Å². The van der Waals surface area contributed by atoms with Gasteiger partial charge in [0, 0.05) is 17.9 Å². The number of nitrogen functional groups attached to an aromatic ring is 1. The third-order valence-electron chi connectivity index (χ3n) is 7.35. The fourth-order valence-corrected chi connectivity index (χ4v) is 6.13. The smallest absolute Gasteiger partial charge is 0.303 e. The van der Waals surface area contributed by atoms with Gasteiger partial charge in [-0.1, -0.05) is 54.2 Å². The number of hydrogen-bond acceptors (Lipinski definition) is 7. The number of hydrogen-bond donors (Lipinski definition) is 2. The molecule has 1 amide bonds. The minimum Gasteiger partial charge on any atom is -0.481 e. The lowest BCUT2D eigenvalue weighted by atomic mass is 9.77. The van der Waals surface area contributed by atoms with Gasteiger partial charge >= 0.3 is 5.97 Å². The molecule has 0 atom stereocenters. The topological polar surface area (TPSA) is 119 Å². The van der Waals surface area contributed by atoms with Gasteiger partial charge in [0.25, 0.3) is 5.91 Å². The van der Waals surface area contributed by atoms with E-state index in [9.17, 15) is 9.59 Å². The van der Waals surface area contributed by atoms with Gasteiger partial charge in [0.05, 0.1) is 6.54 Å². The molecule has 2 aromatic carbocycles. The van der Waals surface area contributed by atoms with Crippen molar-refractivity contribution in [3.8, 4) is 5.88 Å². The molecule has 2 heterocycles. The average molecular weight is 533 g/mol. The van der Waals surface area contributed by atoms with Crippen molar-refractivity contribution in [1.29, 1.82) is 0 Å². The molecule has 5 rings (SSSR count). The fourth-order valence-electron chi connectivity index (χ4n) is 5.30. The van der Waals surface area contributed by atoms with Crippen LogP contribution in [-0.2, 0) is 11.2 Å². The Morgan fingerprint density at radius 1 is 1.05 bits per heavy atom. The number of benzene rings is 2. The summed E-state index contributed by atoms with van der Waals surface area (Å²) in [5, 5.41) is 9.55. The summed E-state index contributed by atoms with van der Waals surface area (Å²) < 4.78 is 5.86. The van der Waals surface area contributed by atoms with Crippen LogP contribution in [0.15, 0.2) is 59.8 Å². The average Bonchev–Trinajstić information content (AvgIpc) is 3.08. The summed E-state index contributed by atoms with van der Waals surface area (Å²) in [6.45, 7) is 0.684. The van der Waals surface area contributed by atoms with E-state index in [0.717, 1.165) is 43.5 Å². The number of rotatable bonds is 8. The van der Waals surface area contributed by atoms with Crippen LogP contribution in [0.2, 0.25) is 0 Å². The van der Waals surface area contributed by atoms with Gasteiger partial charge in [-0.2, -0.15) is 4.98 Å². The van der Waals surface area contributed by atoms with E-state index in [4.69, 9.17) is 15.6 Å². The summed E-state index contributed by atoms with van der Waals surface area (Å²) in [5.41, 5.74) is 9.70. The Bertz CT molecular complexity index is 1280.